The lowest BCUT2D eigenvalue weighted by Crippen LogP contribution is -2.48. The first kappa shape index (κ1) is 16.8. The molecule has 2 heterocycles. The van der Waals surface area contributed by atoms with Crippen LogP contribution in [-0.4, -0.2) is 35.7 Å². The molecule has 2 unspecified atom stereocenters. The third kappa shape index (κ3) is 3.43. The van der Waals surface area contributed by atoms with Gasteiger partial charge in [-0.25, -0.2) is 0 Å². The van der Waals surface area contributed by atoms with Gasteiger partial charge < -0.3 is 20.8 Å². The number of aromatic nitrogens is 1. The van der Waals surface area contributed by atoms with Crippen LogP contribution in [0, 0.1) is 0 Å². The summed E-state index contributed by atoms with van der Waals surface area (Å²) in [5.74, 6) is -0.109. The Balaban J connectivity index is 0.00000176. The van der Waals surface area contributed by atoms with Gasteiger partial charge in [0, 0.05) is 23.7 Å². The topological polar surface area (TPSA) is 80.1 Å². The summed E-state index contributed by atoms with van der Waals surface area (Å²) in [6, 6.07) is 7.56. The van der Waals surface area contributed by atoms with Crippen molar-refractivity contribution in [3.05, 3.63) is 36.0 Å². The summed E-state index contributed by atoms with van der Waals surface area (Å²) in [7, 11) is 0. The molecule has 6 heteroatoms. The van der Waals surface area contributed by atoms with Crippen LogP contribution >= 0.6 is 12.4 Å². The molecule has 1 saturated heterocycles. The summed E-state index contributed by atoms with van der Waals surface area (Å²) in [4.78, 5) is 15.4. The van der Waals surface area contributed by atoms with Gasteiger partial charge in [-0.1, -0.05) is 18.2 Å². The number of nitrogens with two attached hydrogens (primary N) is 1. The Kier molecular flexibility index (Phi) is 5.45. The van der Waals surface area contributed by atoms with E-state index in [1.165, 1.54) is 0 Å². The highest BCUT2D eigenvalue weighted by atomic mass is 35.5. The molecule has 22 heavy (non-hydrogen) atoms. The van der Waals surface area contributed by atoms with Crippen molar-refractivity contribution in [3.63, 3.8) is 0 Å². The zero-order chi connectivity index (χ0) is 14.8. The van der Waals surface area contributed by atoms with Crippen LogP contribution in [-0.2, 0) is 16.0 Å². The Morgan fingerprint density at radius 1 is 1.50 bits per heavy atom. The van der Waals surface area contributed by atoms with Gasteiger partial charge >= 0.3 is 0 Å². The van der Waals surface area contributed by atoms with Crippen molar-refractivity contribution < 1.29 is 9.53 Å². The van der Waals surface area contributed by atoms with Crippen LogP contribution in [0.5, 0.6) is 0 Å². The van der Waals surface area contributed by atoms with Gasteiger partial charge in [-0.2, -0.15) is 0 Å². The molecule has 0 radical (unpaired) electrons. The molecule has 120 valence electrons. The van der Waals surface area contributed by atoms with Gasteiger partial charge in [0.1, 0.15) is 0 Å². The van der Waals surface area contributed by atoms with Crippen molar-refractivity contribution in [2.45, 2.75) is 38.0 Å². The number of nitrogens with one attached hydrogen (secondary N) is 2. The monoisotopic (exact) mass is 323 g/mol. The van der Waals surface area contributed by atoms with Crippen molar-refractivity contribution >= 4 is 29.2 Å². The van der Waals surface area contributed by atoms with Gasteiger partial charge in [0.2, 0.25) is 5.91 Å². The third-order valence-electron chi connectivity index (χ3n) is 4.16. The molecule has 2 aromatic rings. The fourth-order valence-electron chi connectivity index (χ4n) is 2.84. The molecule has 1 aromatic carbocycles. The first-order valence-electron chi connectivity index (χ1n) is 7.37. The van der Waals surface area contributed by atoms with Crippen LogP contribution < -0.4 is 11.1 Å². The number of fused-ring (bicyclic) bond motifs is 1. The highest BCUT2D eigenvalue weighted by Gasteiger charge is 2.27. The van der Waals surface area contributed by atoms with E-state index >= 15 is 0 Å². The zero-order valence-corrected chi connectivity index (χ0v) is 13.4. The van der Waals surface area contributed by atoms with Crippen LogP contribution in [0.3, 0.4) is 0 Å². The molecule has 3 rings (SSSR count). The quantitative estimate of drug-likeness (QED) is 0.802. The van der Waals surface area contributed by atoms with Crippen molar-refractivity contribution in [1.29, 1.82) is 0 Å². The molecule has 0 bridgehead atoms. The Labute approximate surface area is 136 Å². The Hall–Kier alpha value is -1.56. The number of halogens is 1. The van der Waals surface area contributed by atoms with Crippen LogP contribution in [0.1, 0.15) is 18.9 Å². The van der Waals surface area contributed by atoms with E-state index < -0.39 is 6.04 Å². The Morgan fingerprint density at radius 2 is 2.27 bits per heavy atom. The van der Waals surface area contributed by atoms with E-state index in [1.807, 2.05) is 37.4 Å². The van der Waals surface area contributed by atoms with Gasteiger partial charge in [-0.05, 0) is 31.4 Å². The van der Waals surface area contributed by atoms with Crippen LogP contribution in [0.4, 0.5) is 0 Å². The van der Waals surface area contributed by atoms with E-state index in [0.29, 0.717) is 13.0 Å². The first-order valence-corrected chi connectivity index (χ1v) is 7.37. The Morgan fingerprint density at radius 3 is 3.00 bits per heavy atom. The number of amides is 1. The molecule has 3 atom stereocenters. The summed E-state index contributed by atoms with van der Waals surface area (Å²) in [5.41, 5.74) is 8.20. The van der Waals surface area contributed by atoms with Gasteiger partial charge in [-0.15, -0.1) is 12.4 Å². The highest BCUT2D eigenvalue weighted by Crippen LogP contribution is 2.19. The number of carbonyl (C=O) groups excluding carboxylic acids is 1. The maximum Gasteiger partial charge on any atom is 0.237 e. The number of para-hydroxylation sites is 1. The molecule has 1 aliphatic heterocycles. The lowest BCUT2D eigenvalue weighted by Gasteiger charge is -2.19. The minimum atomic E-state index is -0.544. The average Bonchev–Trinajstić information content (AvgIpc) is 3.07. The van der Waals surface area contributed by atoms with Crippen LogP contribution in [0.2, 0.25) is 0 Å². The summed E-state index contributed by atoms with van der Waals surface area (Å²) in [6.07, 6.45) is 3.37. The minimum Gasteiger partial charge on any atom is -0.376 e. The molecule has 1 aliphatic rings. The summed E-state index contributed by atoms with van der Waals surface area (Å²) in [5, 5.41) is 4.11. The predicted octanol–water partition coefficient (Wildman–Crippen LogP) is 1.75. The van der Waals surface area contributed by atoms with Gasteiger partial charge in [0.15, 0.2) is 0 Å². The number of ether oxygens (including phenoxy) is 1. The van der Waals surface area contributed by atoms with Crippen molar-refractivity contribution in [3.8, 4) is 0 Å². The van der Waals surface area contributed by atoms with Crippen LogP contribution in [0.15, 0.2) is 30.5 Å². The molecule has 0 spiro atoms. The summed E-state index contributed by atoms with van der Waals surface area (Å²) >= 11 is 0. The lowest BCUT2D eigenvalue weighted by atomic mass is 10.0. The van der Waals surface area contributed by atoms with E-state index in [0.717, 1.165) is 22.9 Å². The summed E-state index contributed by atoms with van der Waals surface area (Å²) in [6.45, 7) is 2.67. The van der Waals surface area contributed by atoms with E-state index in [-0.39, 0.29) is 30.5 Å². The second kappa shape index (κ2) is 7.13. The fraction of sp³-hybridized carbons (Fsp3) is 0.438. The predicted molar refractivity (Wildman–Crippen MR) is 89.2 cm³/mol. The fourth-order valence-corrected chi connectivity index (χ4v) is 2.84. The lowest BCUT2D eigenvalue weighted by molar-refractivity contribution is -0.123. The van der Waals surface area contributed by atoms with E-state index in [4.69, 9.17) is 10.5 Å². The highest BCUT2D eigenvalue weighted by molar-refractivity contribution is 5.86. The van der Waals surface area contributed by atoms with Crippen molar-refractivity contribution in [2.75, 3.05) is 6.61 Å². The zero-order valence-electron chi connectivity index (χ0n) is 12.5. The number of aromatic amines is 1. The molecule has 1 amide bonds. The van der Waals surface area contributed by atoms with Crippen LogP contribution in [0.25, 0.3) is 10.9 Å². The average molecular weight is 324 g/mol. The number of benzene rings is 1. The second-order valence-electron chi connectivity index (χ2n) is 5.65. The molecule has 0 aliphatic carbocycles. The third-order valence-corrected chi connectivity index (χ3v) is 4.16. The van der Waals surface area contributed by atoms with Gasteiger partial charge in [0.05, 0.1) is 18.2 Å². The molecule has 5 nitrogen and oxygen atoms in total. The maximum absolute atomic E-state index is 12.2. The first-order chi connectivity index (χ1) is 10.1. The molecule has 0 saturated carbocycles. The van der Waals surface area contributed by atoms with E-state index in [2.05, 4.69) is 10.3 Å². The molecule has 1 aromatic heterocycles. The smallest absolute Gasteiger partial charge is 0.237 e. The molecule has 4 N–H and O–H groups in total. The maximum atomic E-state index is 12.2. The van der Waals surface area contributed by atoms with Gasteiger partial charge in [0.25, 0.3) is 0 Å². The molecular weight excluding hydrogens is 302 g/mol. The largest absolute Gasteiger partial charge is 0.376 e. The normalized spacial score (nSPS) is 22.3. The summed E-state index contributed by atoms with van der Waals surface area (Å²) < 4.78 is 5.45. The standard InChI is InChI=1S/C16H21N3O2.ClH/c1-10-14(6-7-21-10)19-16(20)13(17)8-11-9-18-15-5-3-2-4-12(11)15;/h2-5,9-10,13-14,18H,6-8,17H2,1H3,(H,19,20);1H/t10?,13-,14?;/m0./s1. The number of H-pyrrole nitrogens is 1. The Bertz CT molecular complexity index is 643. The number of carbonyl (C=O) groups is 1. The number of hydrogen-bond donors (Lipinski definition) is 3. The van der Waals surface area contributed by atoms with Crippen molar-refractivity contribution in [2.24, 2.45) is 5.73 Å². The van der Waals surface area contributed by atoms with Crippen molar-refractivity contribution in [1.82, 2.24) is 10.3 Å². The SMILES string of the molecule is CC1OCCC1NC(=O)[C@@H](N)Cc1c[nH]c2ccccc12.Cl. The van der Waals surface area contributed by atoms with E-state index in [9.17, 15) is 4.79 Å². The minimum absolute atomic E-state index is 0. The van der Waals surface area contributed by atoms with Gasteiger partial charge in [-0.3, -0.25) is 4.79 Å². The molecular formula is C16H22ClN3O2. The molecule has 1 fully saturated rings. The second-order valence-corrected chi connectivity index (χ2v) is 5.65. The number of hydrogen-bond acceptors (Lipinski definition) is 3. The number of rotatable bonds is 4. The van der Waals surface area contributed by atoms with E-state index in [1.54, 1.807) is 0 Å².